The molecule has 1 atom stereocenters. The first-order valence-corrected chi connectivity index (χ1v) is 35.3. The smallest absolute Gasteiger partial charge is 0.211 e. The number of anilines is 3. The average Bonchev–Trinajstić information content (AvgIpc) is 1.85. The second-order valence-corrected chi connectivity index (χ2v) is 29.4. The van der Waals surface area contributed by atoms with Gasteiger partial charge in [0.1, 0.15) is 19.0 Å². The number of fused-ring (bicyclic) bond motifs is 6. The monoisotopic (exact) mass is 1230 g/mol. The summed E-state index contributed by atoms with van der Waals surface area (Å²) in [5, 5.41) is 0. The van der Waals surface area contributed by atoms with Gasteiger partial charge < -0.3 is 14.7 Å². The number of sulfone groups is 2. The van der Waals surface area contributed by atoms with Crippen molar-refractivity contribution in [3.05, 3.63) is 196 Å². The van der Waals surface area contributed by atoms with Crippen LogP contribution in [0.1, 0.15) is 98.9 Å². The number of hydrogen-bond acceptors (Lipinski definition) is 18. The van der Waals surface area contributed by atoms with E-state index in [1.54, 1.807) is 47.6 Å². The number of allylic oxidation sites excluding steroid dienone is 3. The first kappa shape index (κ1) is 58.6. The predicted molar refractivity (Wildman–Crippen MR) is 341 cm³/mol. The normalized spacial score (nSPS) is 17.6. The van der Waals surface area contributed by atoms with Crippen LogP contribution in [0.25, 0.3) is 40.7 Å². The number of nitrogens with zero attached hydrogens (tertiary/aromatic N) is 13. The lowest BCUT2D eigenvalue weighted by molar-refractivity contribution is 0.317. The van der Waals surface area contributed by atoms with Gasteiger partial charge in [0.2, 0.25) is 10.0 Å². The van der Waals surface area contributed by atoms with E-state index < -0.39 is 29.7 Å². The van der Waals surface area contributed by atoms with Crippen LogP contribution in [0.4, 0.5) is 17.1 Å². The van der Waals surface area contributed by atoms with Gasteiger partial charge in [0.15, 0.2) is 19.7 Å². The molecular formula is C66H67N13O6S3. The molecule has 88 heavy (non-hydrogen) atoms. The summed E-state index contributed by atoms with van der Waals surface area (Å²) in [5.74, 6) is 0.285. The molecule has 0 radical (unpaired) electrons. The van der Waals surface area contributed by atoms with Gasteiger partial charge in [-0.2, -0.15) is 0 Å². The van der Waals surface area contributed by atoms with Gasteiger partial charge in [-0.1, -0.05) is 60.7 Å². The summed E-state index contributed by atoms with van der Waals surface area (Å²) in [6.07, 6.45) is 34.1. The lowest BCUT2D eigenvalue weighted by Gasteiger charge is -2.37. The minimum absolute atomic E-state index is 0.285. The zero-order valence-corrected chi connectivity index (χ0v) is 52.0. The molecule has 0 saturated carbocycles. The third kappa shape index (κ3) is 11.9. The van der Waals surface area contributed by atoms with E-state index in [0.717, 1.165) is 145 Å². The summed E-state index contributed by atoms with van der Waals surface area (Å²) in [6.45, 7) is 7.37. The van der Waals surface area contributed by atoms with Crippen LogP contribution in [0.3, 0.4) is 0 Å². The maximum absolute atomic E-state index is 11.8. The second kappa shape index (κ2) is 23.9. The SMILES string of the molecule is CC1Cc2ncnc(-c3ccc(S(C)(=O)=O)cc3)c2CN1c1ccnc2c1C=CC2.CS(=O)(=O)N1CCC(c2ncnc3c2CN(c2ccnc4c2C=CC4)CC3)CC1.CS(=O)(=O)c1ccc(-c2ncnc3c2CN(c2ccnc4c2C=CC4)CC3)cc1. The van der Waals surface area contributed by atoms with E-state index in [4.69, 9.17) is 0 Å². The number of rotatable bonds is 9. The molecule has 8 aromatic rings. The summed E-state index contributed by atoms with van der Waals surface area (Å²) in [5.41, 5.74) is 21.9. The molecule has 1 fully saturated rings. The average molecular weight is 1230 g/mol. The van der Waals surface area contributed by atoms with E-state index in [1.165, 1.54) is 58.1 Å². The predicted octanol–water partition coefficient (Wildman–Crippen LogP) is 8.68. The highest BCUT2D eigenvalue weighted by atomic mass is 32.2. The number of aromatic nitrogens is 9. The quantitative estimate of drug-likeness (QED) is 0.131. The molecule has 1 saturated heterocycles. The Morgan fingerprint density at radius 3 is 1.36 bits per heavy atom. The van der Waals surface area contributed by atoms with Crippen LogP contribution in [0.5, 0.6) is 0 Å². The molecule has 15 rings (SSSR count). The highest BCUT2D eigenvalue weighted by molar-refractivity contribution is 7.91. The molecule has 10 heterocycles. The second-order valence-electron chi connectivity index (χ2n) is 23.4. The zero-order chi connectivity index (χ0) is 60.9. The number of sulfonamides is 1. The molecule has 7 aliphatic rings. The Morgan fingerprint density at radius 2 is 0.875 bits per heavy atom. The lowest BCUT2D eigenvalue weighted by atomic mass is 9.89. The van der Waals surface area contributed by atoms with Crippen molar-refractivity contribution < 1.29 is 25.3 Å². The van der Waals surface area contributed by atoms with Crippen molar-refractivity contribution in [1.29, 1.82) is 0 Å². The largest absolute Gasteiger partial charge is 0.366 e. The fourth-order valence-corrected chi connectivity index (χ4v) is 15.3. The Kier molecular flexibility index (Phi) is 15.9. The van der Waals surface area contributed by atoms with Crippen LogP contribution in [-0.2, 0) is 87.9 Å². The summed E-state index contributed by atoms with van der Waals surface area (Å²) in [6, 6.07) is 20.4. The number of piperidine rings is 1. The van der Waals surface area contributed by atoms with E-state index in [1.807, 2.05) is 42.9 Å². The van der Waals surface area contributed by atoms with Gasteiger partial charge in [0.05, 0.1) is 67.3 Å². The maximum Gasteiger partial charge on any atom is 0.211 e. The van der Waals surface area contributed by atoms with Crippen LogP contribution in [-0.4, -0.2) is 125 Å². The number of benzene rings is 2. The van der Waals surface area contributed by atoms with E-state index in [-0.39, 0.29) is 5.92 Å². The Labute approximate surface area is 514 Å². The van der Waals surface area contributed by atoms with Crippen molar-refractivity contribution >= 4 is 65.0 Å². The molecular weight excluding hydrogens is 1170 g/mol. The summed E-state index contributed by atoms with van der Waals surface area (Å²) >= 11 is 0. The van der Waals surface area contributed by atoms with Crippen molar-refractivity contribution in [2.45, 2.75) is 99.7 Å². The molecule has 450 valence electrons. The van der Waals surface area contributed by atoms with Crippen LogP contribution >= 0.6 is 0 Å². The van der Waals surface area contributed by atoms with Gasteiger partial charge in [0, 0.05) is 189 Å². The van der Waals surface area contributed by atoms with Crippen LogP contribution < -0.4 is 14.7 Å². The fraction of sp³-hybridized carbons (Fsp3) is 0.318. The first-order valence-electron chi connectivity index (χ1n) is 29.7. The van der Waals surface area contributed by atoms with Gasteiger partial charge in [0.25, 0.3) is 0 Å². The Hall–Kier alpha value is -8.44. The number of hydrogen-bond donors (Lipinski definition) is 0. The molecule has 2 aromatic carbocycles. The van der Waals surface area contributed by atoms with Gasteiger partial charge in [-0.05, 0) is 62.2 Å². The summed E-state index contributed by atoms with van der Waals surface area (Å²) in [7, 11) is -9.57. The van der Waals surface area contributed by atoms with Crippen LogP contribution in [0.2, 0.25) is 0 Å². The van der Waals surface area contributed by atoms with Crippen LogP contribution in [0.15, 0.2) is 132 Å². The molecule has 1 unspecified atom stereocenters. The van der Waals surface area contributed by atoms with E-state index >= 15 is 0 Å². The zero-order valence-electron chi connectivity index (χ0n) is 49.5. The summed E-state index contributed by atoms with van der Waals surface area (Å²) < 4.78 is 72.4. The third-order valence-corrected chi connectivity index (χ3v) is 21.3. The Bertz CT molecular complexity index is 4480. The highest BCUT2D eigenvalue weighted by Gasteiger charge is 2.33. The molecule has 22 heteroatoms. The van der Waals surface area contributed by atoms with Gasteiger partial charge in [-0.3, -0.25) is 15.0 Å². The fourth-order valence-electron chi connectivity index (χ4n) is 13.2. The standard InChI is InChI=1S/C23H22N4O2S.C22H20N4O2S.C21H25N5O2S/c1-15-12-21-19(13-27(15)22-10-11-24-20-5-3-4-18(20)22)23(26-14-25-21)16-6-8-17(9-7-16)30(2,28)29;1-29(27,28)16-7-5-15(6-8-16)22-18-13-26(12-10-20(18)24-14-25-22)21-9-11-23-19-4-2-3-17(19)21;1-29(27,28)26-11-6-15(7-12-26)21-17-13-25(10-8-19(17)23-14-24-21)20-5-9-22-18-4-2-3-16(18)20/h3-4,6-11,14-15H,5,12-13H2,1-2H3;2-3,5-9,11,14H,4,10,12-13H2,1H3;2-3,5,9,14-15H,4,6-8,10-13H2,1H3. The van der Waals surface area contributed by atoms with Gasteiger partial charge in [-0.25, -0.2) is 59.5 Å². The molecule has 0 N–H and O–H groups in total. The third-order valence-electron chi connectivity index (χ3n) is 17.8. The Balaban J connectivity index is 0.000000122. The molecule has 19 nitrogen and oxygen atoms in total. The van der Waals surface area contributed by atoms with Crippen LogP contribution in [0, 0.1) is 0 Å². The molecule has 0 amide bonds. The van der Waals surface area contributed by atoms with E-state index in [0.29, 0.717) is 42.0 Å². The molecule has 0 bridgehead atoms. The molecule has 4 aliphatic heterocycles. The minimum atomic E-state index is -3.23. The van der Waals surface area contributed by atoms with Crippen molar-refractivity contribution in [2.24, 2.45) is 0 Å². The molecule has 3 aliphatic carbocycles. The van der Waals surface area contributed by atoms with Crippen molar-refractivity contribution in [1.82, 2.24) is 49.2 Å². The van der Waals surface area contributed by atoms with Crippen molar-refractivity contribution in [3.63, 3.8) is 0 Å². The van der Waals surface area contributed by atoms with E-state index in [9.17, 15) is 25.3 Å². The Morgan fingerprint density at radius 1 is 0.443 bits per heavy atom. The molecule has 0 spiro atoms. The lowest BCUT2D eigenvalue weighted by Crippen LogP contribution is -2.39. The van der Waals surface area contributed by atoms with Gasteiger partial charge in [-0.15, -0.1) is 0 Å². The van der Waals surface area contributed by atoms with Crippen molar-refractivity contribution in [2.75, 3.05) is 59.6 Å². The maximum atomic E-state index is 11.8. The first-order chi connectivity index (χ1) is 42.4. The van der Waals surface area contributed by atoms with E-state index in [2.05, 4.69) is 121 Å². The molecule has 6 aromatic heterocycles. The summed E-state index contributed by atoms with van der Waals surface area (Å²) in [4.78, 5) is 48.7. The van der Waals surface area contributed by atoms with Crippen molar-refractivity contribution in [3.8, 4) is 22.5 Å². The topological polar surface area (TPSA) is 231 Å². The highest BCUT2D eigenvalue weighted by Crippen LogP contribution is 2.40. The number of pyridine rings is 3. The van der Waals surface area contributed by atoms with Gasteiger partial charge >= 0.3 is 0 Å². The minimum Gasteiger partial charge on any atom is -0.366 e.